The van der Waals surface area contributed by atoms with Crippen molar-refractivity contribution in [2.45, 2.75) is 4.90 Å². The molecule has 0 amide bonds. The van der Waals surface area contributed by atoms with E-state index in [1.165, 1.54) is 30.3 Å². The van der Waals surface area contributed by atoms with Gasteiger partial charge in [0.05, 0.1) is 15.1 Å². The Hall–Kier alpha value is -1.64. The van der Waals surface area contributed by atoms with E-state index < -0.39 is 15.8 Å². The Balaban J connectivity index is 2.45. The number of nitrogens with two attached hydrogens (primary N) is 2. The van der Waals surface area contributed by atoms with Gasteiger partial charge in [-0.1, -0.05) is 0 Å². The van der Waals surface area contributed by atoms with Crippen LogP contribution in [0, 0.1) is 5.82 Å². The molecular formula is C12H10BrFN2O3S. The minimum absolute atomic E-state index is 0.0721. The molecule has 0 fully saturated rings. The minimum Gasteiger partial charge on any atom is -0.454 e. The Kier molecular flexibility index (Phi) is 3.98. The van der Waals surface area contributed by atoms with Gasteiger partial charge >= 0.3 is 0 Å². The van der Waals surface area contributed by atoms with Gasteiger partial charge in [-0.05, 0) is 40.2 Å². The molecule has 0 aliphatic rings. The van der Waals surface area contributed by atoms with Crippen molar-refractivity contribution in [1.29, 1.82) is 0 Å². The van der Waals surface area contributed by atoms with Crippen LogP contribution in [0.15, 0.2) is 45.8 Å². The Morgan fingerprint density at radius 3 is 2.45 bits per heavy atom. The summed E-state index contributed by atoms with van der Waals surface area (Å²) in [5, 5.41) is 5.03. The molecule has 0 bridgehead atoms. The molecule has 2 aromatic rings. The Labute approximate surface area is 123 Å². The molecular weight excluding hydrogens is 351 g/mol. The van der Waals surface area contributed by atoms with Gasteiger partial charge in [0.2, 0.25) is 10.0 Å². The first-order valence-electron chi connectivity index (χ1n) is 5.32. The van der Waals surface area contributed by atoms with Gasteiger partial charge in [-0.25, -0.2) is 17.9 Å². The summed E-state index contributed by atoms with van der Waals surface area (Å²) < 4.78 is 41.7. The maximum absolute atomic E-state index is 13.2. The number of sulfonamides is 1. The van der Waals surface area contributed by atoms with Crippen LogP contribution in [-0.4, -0.2) is 8.42 Å². The van der Waals surface area contributed by atoms with Crippen LogP contribution in [0.4, 0.5) is 10.1 Å². The minimum atomic E-state index is -3.87. The molecule has 106 valence electrons. The summed E-state index contributed by atoms with van der Waals surface area (Å²) in [5.74, 6) is -0.254. The van der Waals surface area contributed by atoms with E-state index in [1.54, 1.807) is 0 Å². The van der Waals surface area contributed by atoms with Crippen molar-refractivity contribution in [1.82, 2.24) is 0 Å². The van der Waals surface area contributed by atoms with Crippen LogP contribution in [-0.2, 0) is 10.0 Å². The number of ether oxygens (including phenoxy) is 1. The van der Waals surface area contributed by atoms with Crippen LogP contribution in [0.1, 0.15) is 0 Å². The van der Waals surface area contributed by atoms with E-state index in [1.807, 2.05) is 0 Å². The van der Waals surface area contributed by atoms with Crippen LogP contribution in [0.2, 0.25) is 0 Å². The fourth-order valence-electron chi connectivity index (χ4n) is 1.45. The van der Waals surface area contributed by atoms with E-state index in [2.05, 4.69) is 15.9 Å². The molecule has 0 aromatic heterocycles. The maximum atomic E-state index is 13.2. The van der Waals surface area contributed by atoms with Crippen molar-refractivity contribution in [3.8, 4) is 11.5 Å². The lowest BCUT2D eigenvalue weighted by molar-refractivity contribution is 0.474. The maximum Gasteiger partial charge on any atom is 0.238 e. The van der Waals surface area contributed by atoms with Crippen LogP contribution >= 0.6 is 15.9 Å². The molecule has 4 N–H and O–H groups in total. The molecule has 0 radical (unpaired) electrons. The fraction of sp³-hybridized carbons (Fsp3) is 0. The summed E-state index contributed by atoms with van der Waals surface area (Å²) in [7, 11) is -3.87. The standard InChI is InChI=1S/C12H10BrFN2O3S/c13-9-3-1-7(14)5-11(9)19-12-6-8(20(16,17)18)2-4-10(12)15/h1-6H,15H2,(H2,16,17,18). The summed E-state index contributed by atoms with van der Waals surface area (Å²) in [4.78, 5) is -0.144. The smallest absolute Gasteiger partial charge is 0.238 e. The molecule has 0 saturated carbocycles. The first-order valence-corrected chi connectivity index (χ1v) is 7.66. The van der Waals surface area contributed by atoms with Gasteiger partial charge in [-0.15, -0.1) is 0 Å². The predicted octanol–water partition coefficient (Wildman–Crippen LogP) is 2.61. The molecule has 8 heteroatoms. The molecule has 0 heterocycles. The summed E-state index contributed by atoms with van der Waals surface area (Å²) in [6, 6.07) is 7.65. The highest BCUT2D eigenvalue weighted by Crippen LogP contribution is 2.34. The van der Waals surface area contributed by atoms with Crippen LogP contribution < -0.4 is 15.6 Å². The summed E-state index contributed by atoms with van der Waals surface area (Å²) in [5.41, 5.74) is 5.90. The molecule has 0 spiro atoms. The number of anilines is 1. The number of benzene rings is 2. The molecule has 20 heavy (non-hydrogen) atoms. The van der Waals surface area contributed by atoms with Crippen molar-refractivity contribution in [3.05, 3.63) is 46.7 Å². The molecule has 0 aliphatic heterocycles. The zero-order chi connectivity index (χ0) is 14.9. The summed E-state index contributed by atoms with van der Waals surface area (Å²) >= 11 is 3.20. The third-order valence-corrected chi connectivity index (χ3v) is 3.99. The van der Waals surface area contributed by atoms with E-state index in [0.717, 1.165) is 6.07 Å². The number of halogens is 2. The normalized spacial score (nSPS) is 11.3. The number of primary sulfonamides is 1. The molecule has 0 unspecified atom stereocenters. The molecule has 2 aromatic carbocycles. The summed E-state index contributed by atoms with van der Waals surface area (Å²) in [6.07, 6.45) is 0. The van der Waals surface area contributed by atoms with E-state index in [9.17, 15) is 12.8 Å². The van der Waals surface area contributed by atoms with Crippen LogP contribution in [0.3, 0.4) is 0 Å². The predicted molar refractivity (Wildman–Crippen MR) is 76.4 cm³/mol. The topological polar surface area (TPSA) is 95.4 Å². The Bertz CT molecular complexity index is 765. The first-order chi connectivity index (χ1) is 9.27. The highest BCUT2D eigenvalue weighted by Gasteiger charge is 2.13. The average Bonchev–Trinajstić information content (AvgIpc) is 2.35. The molecule has 0 saturated heterocycles. The highest BCUT2D eigenvalue weighted by molar-refractivity contribution is 9.10. The third kappa shape index (κ3) is 3.27. The second-order valence-electron chi connectivity index (χ2n) is 3.92. The van der Waals surface area contributed by atoms with Crippen LogP contribution in [0.5, 0.6) is 11.5 Å². The van der Waals surface area contributed by atoms with Crippen molar-refractivity contribution >= 4 is 31.6 Å². The number of nitrogen functional groups attached to an aromatic ring is 1. The molecule has 0 aliphatic carbocycles. The largest absolute Gasteiger partial charge is 0.454 e. The van der Waals surface area contributed by atoms with Crippen molar-refractivity contribution < 1.29 is 17.5 Å². The van der Waals surface area contributed by atoms with E-state index in [0.29, 0.717) is 4.47 Å². The van der Waals surface area contributed by atoms with Gasteiger partial charge in [-0.3, -0.25) is 0 Å². The van der Waals surface area contributed by atoms with Gasteiger partial charge in [0.1, 0.15) is 11.6 Å². The van der Waals surface area contributed by atoms with Gasteiger partial charge in [0.25, 0.3) is 0 Å². The van der Waals surface area contributed by atoms with Crippen molar-refractivity contribution in [2.75, 3.05) is 5.73 Å². The van der Waals surface area contributed by atoms with Crippen molar-refractivity contribution in [3.63, 3.8) is 0 Å². The van der Waals surface area contributed by atoms with E-state index in [-0.39, 0.29) is 22.1 Å². The Morgan fingerprint density at radius 1 is 1.10 bits per heavy atom. The lowest BCUT2D eigenvalue weighted by atomic mass is 10.3. The van der Waals surface area contributed by atoms with Gasteiger partial charge in [0, 0.05) is 12.1 Å². The monoisotopic (exact) mass is 360 g/mol. The lowest BCUT2D eigenvalue weighted by Gasteiger charge is -2.11. The Morgan fingerprint density at radius 2 is 1.80 bits per heavy atom. The first kappa shape index (κ1) is 14.8. The van der Waals surface area contributed by atoms with Crippen molar-refractivity contribution in [2.24, 2.45) is 5.14 Å². The van der Waals surface area contributed by atoms with Gasteiger partial charge in [-0.2, -0.15) is 0 Å². The SMILES string of the molecule is Nc1ccc(S(N)(=O)=O)cc1Oc1cc(F)ccc1Br. The third-order valence-electron chi connectivity index (χ3n) is 2.43. The zero-order valence-corrected chi connectivity index (χ0v) is 12.4. The fourth-order valence-corrected chi connectivity index (χ4v) is 2.31. The number of hydrogen-bond donors (Lipinski definition) is 2. The molecule has 2 rings (SSSR count). The van der Waals surface area contributed by atoms with Gasteiger partial charge < -0.3 is 10.5 Å². The second kappa shape index (κ2) is 5.39. The zero-order valence-electron chi connectivity index (χ0n) is 10.0. The molecule has 0 atom stereocenters. The second-order valence-corrected chi connectivity index (χ2v) is 6.34. The average molecular weight is 361 g/mol. The summed E-state index contributed by atoms with van der Waals surface area (Å²) in [6.45, 7) is 0. The van der Waals surface area contributed by atoms with E-state index in [4.69, 9.17) is 15.6 Å². The molecule has 5 nitrogen and oxygen atoms in total. The number of hydrogen-bond acceptors (Lipinski definition) is 4. The number of rotatable bonds is 3. The quantitative estimate of drug-likeness (QED) is 0.822. The highest BCUT2D eigenvalue weighted by atomic mass is 79.9. The van der Waals surface area contributed by atoms with E-state index >= 15 is 0 Å². The van der Waals surface area contributed by atoms with Gasteiger partial charge in [0.15, 0.2) is 5.75 Å². The lowest BCUT2D eigenvalue weighted by Crippen LogP contribution is -2.12. The van der Waals surface area contributed by atoms with Crippen LogP contribution in [0.25, 0.3) is 0 Å².